The lowest BCUT2D eigenvalue weighted by Gasteiger charge is -2.29. The second kappa shape index (κ2) is 27.3. The van der Waals surface area contributed by atoms with Crippen LogP contribution in [0.2, 0.25) is 0 Å². The average Bonchev–Trinajstić information content (AvgIpc) is 3.19. The number of phenols is 1. The van der Waals surface area contributed by atoms with Crippen molar-refractivity contribution < 1.29 is 48.6 Å². The third-order valence-corrected chi connectivity index (χ3v) is 9.34. The topological polar surface area (TPSA) is 430 Å². The normalized spacial score (nSPS) is 14.3. The summed E-state index contributed by atoms with van der Waals surface area (Å²) in [5.41, 5.74) is 33.2. The molecule has 0 aromatic heterocycles. The number of aliphatic imine (C=N–C) groups is 2. The molecular weight excluding hydrogens is 825 g/mol. The van der Waals surface area contributed by atoms with Crippen LogP contribution in [0, 0.1) is 11.8 Å². The van der Waals surface area contributed by atoms with E-state index >= 15 is 0 Å². The molecule has 0 spiro atoms. The smallest absolute Gasteiger partial charge is 0.245 e. The predicted molar refractivity (Wildman–Crippen MR) is 232 cm³/mol. The number of amides is 8. The van der Waals surface area contributed by atoms with E-state index in [4.69, 9.17) is 34.4 Å². The Morgan fingerprint density at radius 3 is 1.37 bits per heavy atom. The third-order valence-electron chi connectivity index (χ3n) is 9.34. The number of benzene rings is 1. The summed E-state index contributed by atoms with van der Waals surface area (Å²) in [5.74, 6) is -8.14. The minimum absolute atomic E-state index is 0.00540. The van der Waals surface area contributed by atoms with Crippen LogP contribution in [0.1, 0.15) is 78.7 Å². The number of phenolic OH excluding ortho intramolecular Hbond substituents is 1. The standard InChI is InChI=1S/C39H66N14O10/c1-19(2)29(52-32(58)20(3)4)36(62)53-30(21(5)54)37(63)50-25(9-7-17-47-39(44)45)33(59)49-26(14-15-28(40)56)35(61)48-24(8-6-16-46-38(42)43)34(60)51-27(31(41)57)18-22-10-12-23(55)13-11-22/h10-13,19-21,24-27,29-30,54-55H,6-9,14-18H2,1-5H3,(H2,40,56)(H2,41,57)(H,48,61)(H,49,59)(H,50,63)(H,51,60)(H,52,58)(H,53,62)(H4,42,43,46)(H4,44,45,47)/t21-,24+,25+,26+,27+,29+,30+/m1/s1. The third kappa shape index (κ3) is 21.1. The highest BCUT2D eigenvalue weighted by Crippen LogP contribution is 2.13. The Morgan fingerprint density at radius 2 is 0.968 bits per heavy atom. The first-order chi connectivity index (χ1) is 29.4. The summed E-state index contributed by atoms with van der Waals surface area (Å²) in [6.45, 7) is 7.87. The van der Waals surface area contributed by atoms with Crippen LogP contribution >= 0.6 is 0 Å². The van der Waals surface area contributed by atoms with Crippen molar-refractivity contribution in [3.8, 4) is 5.75 Å². The maximum absolute atomic E-state index is 14.0. The summed E-state index contributed by atoms with van der Waals surface area (Å²) in [5, 5.41) is 35.3. The highest BCUT2D eigenvalue weighted by atomic mass is 16.3. The van der Waals surface area contributed by atoms with Gasteiger partial charge in [0.25, 0.3) is 0 Å². The van der Waals surface area contributed by atoms with E-state index in [9.17, 15) is 48.6 Å². The Morgan fingerprint density at radius 1 is 0.556 bits per heavy atom. The van der Waals surface area contributed by atoms with Crippen LogP contribution in [-0.4, -0.2) is 125 Å². The van der Waals surface area contributed by atoms with E-state index in [0.29, 0.717) is 5.56 Å². The number of hydrogen-bond acceptors (Lipinski definition) is 12. The largest absolute Gasteiger partial charge is 0.508 e. The number of nitrogens with two attached hydrogens (primary N) is 6. The Bertz CT molecular complexity index is 1780. The molecule has 24 nitrogen and oxygen atoms in total. The highest BCUT2D eigenvalue weighted by molar-refractivity contribution is 5.97. The van der Waals surface area contributed by atoms with E-state index in [1.54, 1.807) is 27.7 Å². The van der Waals surface area contributed by atoms with Crippen molar-refractivity contribution >= 4 is 59.2 Å². The maximum atomic E-state index is 14.0. The Hall–Kier alpha value is -6.72. The number of aliphatic hydroxyl groups excluding tert-OH is 1. The maximum Gasteiger partial charge on any atom is 0.245 e. The fourth-order valence-electron chi connectivity index (χ4n) is 5.77. The summed E-state index contributed by atoms with van der Waals surface area (Å²) in [7, 11) is 0. The molecule has 0 unspecified atom stereocenters. The number of rotatable bonds is 28. The molecule has 1 rings (SSSR count). The van der Waals surface area contributed by atoms with Crippen LogP contribution in [-0.2, 0) is 44.8 Å². The van der Waals surface area contributed by atoms with Crippen molar-refractivity contribution in [2.24, 2.45) is 56.2 Å². The fraction of sp³-hybridized carbons (Fsp3) is 0.590. The van der Waals surface area contributed by atoms with E-state index in [1.165, 1.54) is 31.2 Å². The van der Waals surface area contributed by atoms with Gasteiger partial charge >= 0.3 is 0 Å². The predicted octanol–water partition coefficient (Wildman–Crippen LogP) is -4.61. The number of carbonyl (C=O) groups is 8. The first-order valence-electron chi connectivity index (χ1n) is 20.4. The molecule has 7 atom stereocenters. The molecule has 0 aliphatic carbocycles. The highest BCUT2D eigenvalue weighted by Gasteiger charge is 2.35. The molecule has 0 aliphatic heterocycles. The van der Waals surface area contributed by atoms with Gasteiger partial charge in [-0.05, 0) is 62.6 Å². The van der Waals surface area contributed by atoms with Gasteiger partial charge < -0.3 is 76.5 Å². The molecular formula is C39H66N14O10. The molecule has 0 radical (unpaired) electrons. The molecule has 0 heterocycles. The molecule has 1 aromatic rings. The van der Waals surface area contributed by atoms with Crippen molar-refractivity contribution in [3.05, 3.63) is 29.8 Å². The van der Waals surface area contributed by atoms with E-state index in [2.05, 4.69) is 41.9 Å². The van der Waals surface area contributed by atoms with Gasteiger partial charge in [-0.15, -0.1) is 0 Å². The second-order valence-corrected chi connectivity index (χ2v) is 15.5. The van der Waals surface area contributed by atoms with Crippen molar-refractivity contribution in [3.63, 3.8) is 0 Å². The lowest BCUT2D eigenvalue weighted by molar-refractivity contribution is -0.137. The van der Waals surface area contributed by atoms with Crippen molar-refractivity contribution in [2.75, 3.05) is 13.1 Å². The number of aliphatic hydroxyl groups is 1. The summed E-state index contributed by atoms with van der Waals surface area (Å²) < 4.78 is 0. The molecule has 1 aromatic carbocycles. The van der Waals surface area contributed by atoms with Gasteiger partial charge in [-0.3, -0.25) is 48.3 Å². The molecule has 0 fully saturated rings. The molecule has 0 bridgehead atoms. The molecule has 0 aliphatic rings. The van der Waals surface area contributed by atoms with Gasteiger partial charge in [-0.1, -0.05) is 39.8 Å². The first-order valence-corrected chi connectivity index (χ1v) is 20.4. The summed E-state index contributed by atoms with van der Waals surface area (Å²) in [6.07, 6.45) is -2.38. The van der Waals surface area contributed by atoms with Gasteiger partial charge in [0, 0.05) is 31.8 Å². The van der Waals surface area contributed by atoms with Crippen LogP contribution in [0.15, 0.2) is 34.3 Å². The van der Waals surface area contributed by atoms with Crippen LogP contribution in [0.4, 0.5) is 0 Å². The summed E-state index contributed by atoms with van der Waals surface area (Å²) >= 11 is 0. The van der Waals surface area contributed by atoms with Gasteiger partial charge in [-0.25, -0.2) is 0 Å². The van der Waals surface area contributed by atoms with Gasteiger partial charge in [0.05, 0.1) is 6.10 Å². The van der Waals surface area contributed by atoms with Crippen molar-refractivity contribution in [1.29, 1.82) is 0 Å². The van der Waals surface area contributed by atoms with Crippen LogP contribution in [0.5, 0.6) is 5.75 Å². The zero-order valence-corrected chi connectivity index (χ0v) is 36.4. The summed E-state index contributed by atoms with van der Waals surface area (Å²) in [4.78, 5) is 113. The van der Waals surface area contributed by atoms with E-state index in [-0.39, 0.29) is 69.3 Å². The molecule has 0 saturated carbocycles. The van der Waals surface area contributed by atoms with Gasteiger partial charge in [0.2, 0.25) is 47.3 Å². The quantitative estimate of drug-likeness (QED) is 0.0214. The van der Waals surface area contributed by atoms with Crippen LogP contribution in [0.25, 0.3) is 0 Å². The van der Waals surface area contributed by atoms with Crippen LogP contribution in [0.3, 0.4) is 0 Å². The van der Waals surface area contributed by atoms with E-state index < -0.39 is 108 Å². The van der Waals surface area contributed by atoms with Crippen molar-refractivity contribution in [2.45, 2.75) is 122 Å². The number of carbonyl (C=O) groups excluding carboxylic acids is 8. The molecule has 8 amide bonds. The number of aromatic hydroxyl groups is 1. The van der Waals surface area contributed by atoms with Gasteiger partial charge in [0.1, 0.15) is 42.0 Å². The fourth-order valence-corrected chi connectivity index (χ4v) is 5.77. The van der Waals surface area contributed by atoms with Crippen molar-refractivity contribution in [1.82, 2.24) is 31.9 Å². The molecule has 352 valence electrons. The minimum atomic E-state index is -1.63. The monoisotopic (exact) mass is 891 g/mol. The van der Waals surface area contributed by atoms with E-state index in [0.717, 1.165) is 0 Å². The van der Waals surface area contributed by atoms with E-state index in [1.807, 2.05) is 0 Å². The summed E-state index contributed by atoms with van der Waals surface area (Å²) in [6, 6.07) is -2.59. The number of nitrogens with one attached hydrogen (secondary N) is 6. The lowest BCUT2D eigenvalue weighted by atomic mass is 10.0. The van der Waals surface area contributed by atoms with Gasteiger partial charge in [-0.2, -0.15) is 0 Å². The minimum Gasteiger partial charge on any atom is -0.508 e. The van der Waals surface area contributed by atoms with Gasteiger partial charge in [0.15, 0.2) is 11.9 Å². The molecule has 24 heteroatoms. The Kier molecular flexibility index (Phi) is 23.5. The Labute approximate surface area is 365 Å². The zero-order valence-electron chi connectivity index (χ0n) is 36.4. The number of guanidine groups is 2. The lowest BCUT2D eigenvalue weighted by Crippen LogP contribution is -2.61. The zero-order chi connectivity index (χ0) is 48.0. The molecule has 20 N–H and O–H groups in total. The second-order valence-electron chi connectivity index (χ2n) is 15.5. The average molecular weight is 891 g/mol. The number of hydrogen-bond donors (Lipinski definition) is 14. The SMILES string of the molecule is CC(C)C(=O)N[C@H](C(=O)N[C@H](C(=O)N[C@@H](CCCN=C(N)N)C(=O)N[C@@H](CCC(N)=O)C(=O)N[C@@H](CCCN=C(N)N)C(=O)N[C@@H](Cc1ccc(O)cc1)C(N)=O)[C@@H](C)O)C(C)C. The number of nitrogens with zero attached hydrogens (tertiary/aromatic N) is 2. The molecule has 63 heavy (non-hydrogen) atoms. The first kappa shape index (κ1) is 54.3. The molecule has 0 saturated heterocycles. The Balaban J connectivity index is 3.48. The number of primary amides is 2. The van der Waals surface area contributed by atoms with Crippen LogP contribution < -0.4 is 66.3 Å².